The van der Waals surface area contributed by atoms with E-state index in [0.29, 0.717) is 13.0 Å². The van der Waals surface area contributed by atoms with Crippen LogP contribution in [0.15, 0.2) is 30.3 Å². The lowest BCUT2D eigenvalue weighted by Crippen LogP contribution is -2.58. The topological polar surface area (TPSA) is 83.1 Å². The van der Waals surface area contributed by atoms with Gasteiger partial charge in [-0.05, 0) is 58.3 Å². The number of fused-ring (bicyclic) bond motifs is 3. The molecule has 0 unspecified atom stereocenters. The van der Waals surface area contributed by atoms with Crippen LogP contribution in [0.25, 0.3) is 0 Å². The Labute approximate surface area is 246 Å². The van der Waals surface area contributed by atoms with Crippen LogP contribution in [0, 0.1) is 0 Å². The minimum atomic E-state index is -2.08. The summed E-state index contributed by atoms with van der Waals surface area (Å²) < 4.78 is 57.3. The fourth-order valence-corrected chi connectivity index (χ4v) is 7.14. The van der Waals surface area contributed by atoms with E-state index in [4.69, 9.17) is 42.3 Å². The van der Waals surface area contributed by atoms with Crippen LogP contribution >= 0.6 is 0 Å². The zero-order valence-electron chi connectivity index (χ0n) is 26.4. The number of hydrogen-bond donors (Lipinski definition) is 0. The van der Waals surface area contributed by atoms with E-state index in [0.717, 1.165) is 5.56 Å². The zero-order chi connectivity index (χ0) is 29.8. The van der Waals surface area contributed by atoms with Crippen molar-refractivity contribution in [3.63, 3.8) is 0 Å². The summed E-state index contributed by atoms with van der Waals surface area (Å²) >= 11 is 0. The fourth-order valence-electron chi connectivity index (χ4n) is 5.76. The van der Waals surface area contributed by atoms with E-state index in [9.17, 15) is 0 Å². The van der Waals surface area contributed by atoms with Gasteiger partial charge in [0.1, 0.15) is 24.4 Å². The molecule has 1 aromatic rings. The molecule has 4 aliphatic rings. The SMILES string of the molecule is C[C@H]1O[C@@H](OC[C@H]2O[C@@H]3OC(C)(C)O[C@@H]3[C@H]3OC(C)(C)O[C@H]32)C[C@H](OCc2ccccc2)[C@@H]1O[Si](C)(C)C(C)(C)C. The summed E-state index contributed by atoms with van der Waals surface area (Å²) in [7, 11) is -2.08. The molecule has 10 heteroatoms. The van der Waals surface area contributed by atoms with Crippen molar-refractivity contribution >= 4 is 8.32 Å². The third kappa shape index (κ3) is 7.08. The van der Waals surface area contributed by atoms with Crippen LogP contribution < -0.4 is 0 Å². The third-order valence-corrected chi connectivity index (χ3v) is 13.3. The minimum Gasteiger partial charge on any atom is -0.409 e. The van der Waals surface area contributed by atoms with Gasteiger partial charge < -0.3 is 42.3 Å². The summed E-state index contributed by atoms with van der Waals surface area (Å²) in [4.78, 5) is 0. The zero-order valence-corrected chi connectivity index (χ0v) is 27.4. The van der Waals surface area contributed by atoms with Crippen molar-refractivity contribution in [2.24, 2.45) is 0 Å². The highest BCUT2D eigenvalue weighted by Gasteiger charge is 2.61. The molecule has 0 amide bonds. The molecule has 232 valence electrons. The molecule has 0 aromatic heterocycles. The van der Waals surface area contributed by atoms with Gasteiger partial charge in [-0.3, -0.25) is 0 Å². The second-order valence-electron chi connectivity index (χ2n) is 14.2. The summed E-state index contributed by atoms with van der Waals surface area (Å²) in [5, 5.41) is 0.0640. The molecule has 4 heterocycles. The lowest BCUT2D eigenvalue weighted by atomic mass is 9.99. The van der Waals surface area contributed by atoms with E-state index in [2.05, 4.69) is 46.0 Å². The number of benzene rings is 1. The maximum atomic E-state index is 6.89. The first-order chi connectivity index (χ1) is 19.0. The highest BCUT2D eigenvalue weighted by molar-refractivity contribution is 6.74. The van der Waals surface area contributed by atoms with Crippen molar-refractivity contribution in [2.45, 2.75) is 153 Å². The Kier molecular flexibility index (Phi) is 8.86. The Balaban J connectivity index is 1.27. The van der Waals surface area contributed by atoms with Gasteiger partial charge in [0, 0.05) is 6.42 Å². The Morgan fingerprint density at radius 3 is 2.17 bits per heavy atom. The van der Waals surface area contributed by atoms with Gasteiger partial charge in [0.05, 0.1) is 31.5 Å². The van der Waals surface area contributed by atoms with E-state index in [1.807, 2.05) is 52.8 Å². The molecule has 0 saturated carbocycles. The predicted molar refractivity (Wildman–Crippen MR) is 155 cm³/mol. The highest BCUT2D eigenvalue weighted by atomic mass is 28.4. The molecule has 41 heavy (non-hydrogen) atoms. The Morgan fingerprint density at radius 1 is 0.854 bits per heavy atom. The van der Waals surface area contributed by atoms with E-state index in [1.165, 1.54) is 0 Å². The molecule has 0 spiro atoms. The van der Waals surface area contributed by atoms with Crippen LogP contribution in [0.5, 0.6) is 0 Å². The Morgan fingerprint density at radius 2 is 1.49 bits per heavy atom. The lowest BCUT2D eigenvalue weighted by molar-refractivity contribution is -0.282. The van der Waals surface area contributed by atoms with Gasteiger partial charge >= 0.3 is 0 Å². The summed E-state index contributed by atoms with van der Waals surface area (Å²) in [6, 6.07) is 10.2. The predicted octanol–water partition coefficient (Wildman–Crippen LogP) is 5.51. The maximum absolute atomic E-state index is 6.89. The molecular weight excluding hydrogens is 544 g/mol. The largest absolute Gasteiger partial charge is 0.409 e. The molecule has 0 bridgehead atoms. The van der Waals surface area contributed by atoms with E-state index >= 15 is 0 Å². The molecular formula is C31H50O9Si. The quantitative estimate of drug-likeness (QED) is 0.362. The number of ether oxygens (including phenoxy) is 8. The standard InChI is InChI=1S/C31H50O9Si/c1-19-24(40-41(9,10)29(2,3)4)21(32-17-20-14-12-11-13-15-20)16-23(34-19)33-18-22-25-26(37-30(5,6)36-25)27-28(35-22)39-31(7,8)38-27/h11-15,19,21-28H,16-18H2,1-10H3/t19-,21+,22-,23-,24-,25+,26+,27-,28-/m1/s1. The Hall–Kier alpha value is -0.923. The molecule has 0 N–H and O–H groups in total. The molecule has 4 aliphatic heterocycles. The van der Waals surface area contributed by atoms with Crippen molar-refractivity contribution in [3.05, 3.63) is 35.9 Å². The summed E-state index contributed by atoms with van der Waals surface area (Å²) in [6.45, 7) is 21.6. The van der Waals surface area contributed by atoms with Gasteiger partial charge in [-0.2, -0.15) is 0 Å². The van der Waals surface area contributed by atoms with Crippen molar-refractivity contribution in [1.82, 2.24) is 0 Å². The molecule has 4 fully saturated rings. The normalized spacial score (nSPS) is 38.4. The van der Waals surface area contributed by atoms with E-state index in [1.54, 1.807) is 0 Å². The molecule has 1 aromatic carbocycles. The second kappa shape index (κ2) is 11.5. The molecule has 0 aliphatic carbocycles. The minimum absolute atomic E-state index is 0.0640. The van der Waals surface area contributed by atoms with Gasteiger partial charge in [0.15, 0.2) is 32.5 Å². The monoisotopic (exact) mass is 594 g/mol. The van der Waals surface area contributed by atoms with Crippen molar-refractivity contribution in [1.29, 1.82) is 0 Å². The first-order valence-electron chi connectivity index (χ1n) is 15.0. The van der Waals surface area contributed by atoms with Crippen LogP contribution in [-0.2, 0) is 48.9 Å². The fraction of sp³-hybridized carbons (Fsp3) is 0.806. The van der Waals surface area contributed by atoms with Gasteiger partial charge in [-0.25, -0.2) is 0 Å². The summed E-state index contributed by atoms with van der Waals surface area (Å²) in [5.74, 6) is -1.53. The Bertz CT molecular complexity index is 1030. The molecule has 5 rings (SSSR count). The lowest BCUT2D eigenvalue weighted by Gasteiger charge is -2.46. The second-order valence-corrected chi connectivity index (χ2v) is 19.0. The van der Waals surface area contributed by atoms with Crippen LogP contribution in [0.1, 0.15) is 67.4 Å². The van der Waals surface area contributed by atoms with Gasteiger partial charge in [0.25, 0.3) is 0 Å². The average Bonchev–Trinajstić information content (AvgIpc) is 3.36. The van der Waals surface area contributed by atoms with Gasteiger partial charge in [-0.15, -0.1) is 0 Å². The third-order valence-electron chi connectivity index (χ3n) is 8.86. The first-order valence-corrected chi connectivity index (χ1v) is 17.9. The van der Waals surface area contributed by atoms with E-state index < -0.39 is 38.6 Å². The smallest absolute Gasteiger partial charge is 0.192 e. The average molecular weight is 595 g/mol. The van der Waals surface area contributed by atoms with Crippen LogP contribution in [-0.4, -0.2) is 81.8 Å². The molecule has 4 saturated heterocycles. The molecule has 9 atom stereocenters. The number of rotatable bonds is 8. The first kappa shape index (κ1) is 31.5. The van der Waals surface area contributed by atoms with Crippen LogP contribution in [0.4, 0.5) is 0 Å². The van der Waals surface area contributed by atoms with Crippen LogP contribution in [0.2, 0.25) is 18.1 Å². The summed E-state index contributed by atoms with van der Waals surface area (Å²) in [5.41, 5.74) is 1.12. The maximum Gasteiger partial charge on any atom is 0.192 e. The molecule has 0 radical (unpaired) electrons. The summed E-state index contributed by atoms with van der Waals surface area (Å²) in [6.07, 6.45) is -2.59. The van der Waals surface area contributed by atoms with Crippen LogP contribution in [0.3, 0.4) is 0 Å². The van der Waals surface area contributed by atoms with E-state index in [-0.39, 0.29) is 48.3 Å². The van der Waals surface area contributed by atoms with Crippen molar-refractivity contribution in [3.8, 4) is 0 Å². The van der Waals surface area contributed by atoms with Crippen molar-refractivity contribution in [2.75, 3.05) is 6.61 Å². The van der Waals surface area contributed by atoms with Gasteiger partial charge in [0.2, 0.25) is 0 Å². The highest BCUT2D eigenvalue weighted by Crippen LogP contribution is 2.45. The number of hydrogen-bond acceptors (Lipinski definition) is 9. The molecule has 9 nitrogen and oxygen atoms in total. The van der Waals surface area contributed by atoms with Crippen molar-refractivity contribution < 1.29 is 42.3 Å². The van der Waals surface area contributed by atoms with Gasteiger partial charge in [-0.1, -0.05) is 51.1 Å².